The van der Waals surface area contributed by atoms with E-state index in [2.05, 4.69) is 6.92 Å². The second-order valence-corrected chi connectivity index (χ2v) is 5.10. The fourth-order valence-corrected chi connectivity index (χ4v) is 2.37. The summed E-state index contributed by atoms with van der Waals surface area (Å²) in [6, 6.07) is 4.99. The summed E-state index contributed by atoms with van der Waals surface area (Å²) in [6.45, 7) is 2.27. The first-order valence-corrected chi connectivity index (χ1v) is 7.00. The first kappa shape index (κ1) is 14.7. The number of rotatable bonds is 7. The van der Waals surface area contributed by atoms with E-state index in [1.807, 2.05) is 0 Å². The lowest BCUT2D eigenvalue weighted by molar-refractivity contribution is -0.138. The molecule has 20 heavy (non-hydrogen) atoms. The Kier molecular flexibility index (Phi) is 4.49. The van der Waals surface area contributed by atoms with Crippen LogP contribution in [0.5, 0.6) is 11.5 Å². The van der Waals surface area contributed by atoms with Gasteiger partial charge in [-0.3, -0.25) is 4.79 Å². The maximum atomic E-state index is 11.7. The normalized spacial score (nSPS) is 15.9. The number of ether oxygens (including phenoxy) is 2. The molecule has 0 fully saturated rings. The summed E-state index contributed by atoms with van der Waals surface area (Å²) in [4.78, 5) is 11.7. The predicted molar refractivity (Wildman–Crippen MR) is 74.4 cm³/mol. The molecule has 1 aliphatic heterocycles. The minimum absolute atomic E-state index is 0.157. The smallest absolute Gasteiger partial charge is 0.254 e. The van der Waals surface area contributed by atoms with Crippen LogP contribution in [0.15, 0.2) is 18.2 Å². The Balaban J connectivity index is 2.17. The minimum Gasteiger partial charge on any atom is -0.454 e. The van der Waals surface area contributed by atoms with E-state index in [1.165, 1.54) is 0 Å². The number of aliphatic hydroxyl groups is 1. The van der Waals surface area contributed by atoms with Crippen LogP contribution in [0.3, 0.4) is 0 Å². The summed E-state index contributed by atoms with van der Waals surface area (Å²) >= 11 is 0. The third-order valence-electron chi connectivity index (χ3n) is 3.65. The molecular weight excluding hydrogens is 258 g/mol. The average molecular weight is 279 g/mol. The van der Waals surface area contributed by atoms with E-state index in [-0.39, 0.29) is 6.79 Å². The zero-order valence-corrected chi connectivity index (χ0v) is 11.7. The van der Waals surface area contributed by atoms with Gasteiger partial charge in [0.1, 0.15) is 0 Å². The van der Waals surface area contributed by atoms with Crippen LogP contribution in [-0.2, 0) is 10.4 Å². The molecule has 0 radical (unpaired) electrons. The van der Waals surface area contributed by atoms with Gasteiger partial charge in [-0.05, 0) is 30.5 Å². The van der Waals surface area contributed by atoms with Crippen molar-refractivity contribution in [3.05, 3.63) is 23.8 Å². The summed E-state index contributed by atoms with van der Waals surface area (Å²) in [6.07, 6.45) is 4.22. The van der Waals surface area contributed by atoms with Gasteiger partial charge < -0.3 is 20.3 Å². The highest BCUT2D eigenvalue weighted by Crippen LogP contribution is 2.37. The van der Waals surface area contributed by atoms with Crippen molar-refractivity contribution in [2.75, 3.05) is 6.79 Å². The van der Waals surface area contributed by atoms with Crippen LogP contribution in [0.2, 0.25) is 0 Å². The topological polar surface area (TPSA) is 81.8 Å². The number of nitrogens with two attached hydrogens (primary N) is 1. The van der Waals surface area contributed by atoms with Gasteiger partial charge in [-0.1, -0.05) is 32.3 Å². The molecule has 0 bridgehead atoms. The van der Waals surface area contributed by atoms with Crippen LogP contribution in [0, 0.1) is 0 Å². The highest BCUT2D eigenvalue weighted by molar-refractivity contribution is 5.85. The van der Waals surface area contributed by atoms with Gasteiger partial charge in [0.15, 0.2) is 17.1 Å². The molecular formula is C15H21NO4. The van der Waals surface area contributed by atoms with Crippen LogP contribution >= 0.6 is 0 Å². The standard InChI is InChI=1S/C15H21NO4/c1-2-3-4-5-8-15(18,14(16)17)11-6-7-12-13(9-11)20-10-19-12/h6-7,9,18H,2-5,8,10H2,1H3,(H2,16,17). The second kappa shape index (κ2) is 6.13. The number of benzene rings is 1. The van der Waals surface area contributed by atoms with Gasteiger partial charge in [-0.2, -0.15) is 0 Å². The molecule has 0 saturated carbocycles. The van der Waals surface area contributed by atoms with Crippen molar-refractivity contribution >= 4 is 5.91 Å². The predicted octanol–water partition coefficient (Wildman–Crippen LogP) is 2.06. The zero-order valence-electron chi connectivity index (χ0n) is 11.7. The third kappa shape index (κ3) is 2.88. The summed E-state index contributed by atoms with van der Waals surface area (Å²) in [5, 5.41) is 10.6. The Labute approximate surface area is 118 Å². The maximum Gasteiger partial charge on any atom is 0.254 e. The van der Waals surface area contributed by atoms with E-state index in [0.29, 0.717) is 23.5 Å². The molecule has 1 atom stereocenters. The first-order chi connectivity index (χ1) is 9.58. The Hall–Kier alpha value is -1.75. The molecule has 1 aliphatic rings. The lowest BCUT2D eigenvalue weighted by Crippen LogP contribution is -2.41. The molecule has 0 aromatic heterocycles. The lowest BCUT2D eigenvalue weighted by Gasteiger charge is -2.25. The zero-order chi connectivity index (χ0) is 14.6. The van der Waals surface area contributed by atoms with Gasteiger partial charge in [0, 0.05) is 0 Å². The Bertz CT molecular complexity index is 489. The van der Waals surface area contributed by atoms with E-state index in [1.54, 1.807) is 18.2 Å². The molecule has 5 nitrogen and oxygen atoms in total. The molecule has 110 valence electrons. The number of amides is 1. The Morgan fingerprint density at radius 2 is 2.05 bits per heavy atom. The minimum atomic E-state index is -1.64. The monoisotopic (exact) mass is 279 g/mol. The molecule has 0 spiro atoms. The third-order valence-corrected chi connectivity index (χ3v) is 3.65. The molecule has 0 aliphatic carbocycles. The van der Waals surface area contributed by atoms with Gasteiger partial charge in [0.25, 0.3) is 5.91 Å². The van der Waals surface area contributed by atoms with Crippen molar-refractivity contribution in [3.63, 3.8) is 0 Å². The Morgan fingerprint density at radius 3 is 2.75 bits per heavy atom. The first-order valence-electron chi connectivity index (χ1n) is 7.00. The maximum absolute atomic E-state index is 11.7. The van der Waals surface area contributed by atoms with Gasteiger partial charge >= 0.3 is 0 Å². The summed E-state index contributed by atoms with van der Waals surface area (Å²) in [5.74, 6) is 0.426. The van der Waals surface area contributed by atoms with E-state index < -0.39 is 11.5 Å². The molecule has 0 saturated heterocycles. The number of primary amides is 1. The van der Waals surface area contributed by atoms with Crippen LogP contribution in [0.1, 0.15) is 44.6 Å². The number of hydrogen-bond donors (Lipinski definition) is 2. The molecule has 1 heterocycles. The van der Waals surface area contributed by atoms with Crippen LogP contribution in [0.25, 0.3) is 0 Å². The molecule has 1 aromatic rings. The largest absolute Gasteiger partial charge is 0.454 e. The van der Waals surface area contributed by atoms with Gasteiger partial charge in [-0.25, -0.2) is 0 Å². The number of fused-ring (bicyclic) bond motifs is 1. The van der Waals surface area contributed by atoms with Crippen LogP contribution in [0.4, 0.5) is 0 Å². The van der Waals surface area contributed by atoms with Crippen molar-refractivity contribution in [2.45, 2.75) is 44.6 Å². The fraction of sp³-hybridized carbons (Fsp3) is 0.533. The molecule has 3 N–H and O–H groups in total. The molecule has 2 rings (SSSR count). The van der Waals surface area contributed by atoms with Gasteiger partial charge in [0.05, 0.1) is 0 Å². The molecule has 5 heteroatoms. The van der Waals surface area contributed by atoms with Gasteiger partial charge in [0.2, 0.25) is 6.79 Å². The SMILES string of the molecule is CCCCCCC(O)(C(N)=O)c1ccc2c(c1)OCO2. The summed E-state index contributed by atoms with van der Waals surface area (Å²) < 4.78 is 10.5. The second-order valence-electron chi connectivity index (χ2n) is 5.10. The van der Waals surface area contributed by atoms with E-state index in [0.717, 1.165) is 25.7 Å². The molecule has 1 amide bonds. The van der Waals surface area contributed by atoms with E-state index in [4.69, 9.17) is 15.2 Å². The highest BCUT2D eigenvalue weighted by atomic mass is 16.7. The number of carbonyl (C=O) groups is 1. The average Bonchev–Trinajstić information content (AvgIpc) is 2.90. The van der Waals surface area contributed by atoms with Crippen LogP contribution in [-0.4, -0.2) is 17.8 Å². The highest BCUT2D eigenvalue weighted by Gasteiger charge is 2.36. The quantitative estimate of drug-likeness (QED) is 0.748. The van der Waals surface area contributed by atoms with Crippen molar-refractivity contribution in [2.24, 2.45) is 5.73 Å². The summed E-state index contributed by atoms with van der Waals surface area (Å²) in [7, 11) is 0. The van der Waals surface area contributed by atoms with Crippen LogP contribution < -0.4 is 15.2 Å². The number of hydrogen-bond acceptors (Lipinski definition) is 4. The van der Waals surface area contributed by atoms with Crippen molar-refractivity contribution in [1.29, 1.82) is 0 Å². The number of unbranched alkanes of at least 4 members (excludes halogenated alkanes) is 3. The Morgan fingerprint density at radius 1 is 1.30 bits per heavy atom. The van der Waals surface area contributed by atoms with Crippen molar-refractivity contribution in [3.8, 4) is 11.5 Å². The van der Waals surface area contributed by atoms with Crippen molar-refractivity contribution < 1.29 is 19.4 Å². The molecule has 1 unspecified atom stereocenters. The van der Waals surface area contributed by atoms with E-state index in [9.17, 15) is 9.90 Å². The molecule has 1 aromatic carbocycles. The summed E-state index contributed by atoms with van der Waals surface area (Å²) in [5.41, 5.74) is 4.22. The van der Waals surface area contributed by atoms with Crippen molar-refractivity contribution in [1.82, 2.24) is 0 Å². The van der Waals surface area contributed by atoms with Gasteiger partial charge in [-0.15, -0.1) is 0 Å². The number of carbonyl (C=O) groups excluding carboxylic acids is 1. The lowest BCUT2D eigenvalue weighted by atomic mass is 9.87. The fourth-order valence-electron chi connectivity index (χ4n) is 2.37. The van der Waals surface area contributed by atoms with E-state index >= 15 is 0 Å².